The van der Waals surface area contributed by atoms with Crippen LogP contribution in [0.5, 0.6) is 0 Å². The molecule has 9 heavy (non-hydrogen) atoms. The molecule has 0 bridgehead atoms. The van der Waals surface area contributed by atoms with Crippen LogP contribution in [-0.2, 0) is 0 Å². The van der Waals surface area contributed by atoms with Crippen molar-refractivity contribution >= 4 is 15.0 Å². The quantitative estimate of drug-likeness (QED) is 0.607. The van der Waals surface area contributed by atoms with Gasteiger partial charge in [0.05, 0.1) is 0 Å². The van der Waals surface area contributed by atoms with Crippen molar-refractivity contribution in [1.29, 1.82) is 0 Å². The standard InChI is InChI=1S/C7H13FSe/c1-4-6(8)7(5-2)9-3/h4-5H2,1-3H3/b7-6+. The van der Waals surface area contributed by atoms with E-state index in [-0.39, 0.29) is 5.83 Å². The minimum absolute atomic E-state index is 0.111. The van der Waals surface area contributed by atoms with E-state index in [4.69, 9.17) is 0 Å². The molecule has 0 radical (unpaired) electrons. The van der Waals surface area contributed by atoms with E-state index in [1.807, 2.05) is 13.8 Å². The molecule has 0 heterocycles. The van der Waals surface area contributed by atoms with Crippen molar-refractivity contribution in [2.75, 3.05) is 0 Å². The Bertz CT molecular complexity index is 101. The number of allylic oxidation sites excluding steroid dienone is 2. The van der Waals surface area contributed by atoms with Crippen LogP contribution in [0, 0.1) is 0 Å². The summed E-state index contributed by atoms with van der Waals surface area (Å²) in [4.78, 5) is 0. The Labute approximate surface area is 62.7 Å². The van der Waals surface area contributed by atoms with Crippen LogP contribution in [0.1, 0.15) is 26.7 Å². The Morgan fingerprint density at radius 3 is 2.00 bits per heavy atom. The molecule has 0 rings (SSSR count). The first-order chi connectivity index (χ1) is 4.26. The summed E-state index contributed by atoms with van der Waals surface area (Å²) in [7, 11) is 0. The summed E-state index contributed by atoms with van der Waals surface area (Å²) < 4.78 is 13.7. The van der Waals surface area contributed by atoms with Gasteiger partial charge in [0.2, 0.25) is 0 Å². The van der Waals surface area contributed by atoms with Crippen LogP contribution in [0.4, 0.5) is 4.39 Å². The third-order valence-corrected chi connectivity index (χ3v) is 3.28. The van der Waals surface area contributed by atoms with E-state index in [1.165, 1.54) is 0 Å². The third-order valence-electron chi connectivity index (χ3n) is 1.18. The van der Waals surface area contributed by atoms with Crippen LogP contribution < -0.4 is 0 Å². The van der Waals surface area contributed by atoms with Crippen LogP contribution in [0.15, 0.2) is 10.3 Å². The Hall–Kier alpha value is 0.189. The van der Waals surface area contributed by atoms with Gasteiger partial charge in [0.25, 0.3) is 0 Å². The summed E-state index contributed by atoms with van der Waals surface area (Å²) in [6.07, 6.45) is 1.45. The first kappa shape index (κ1) is 9.19. The SMILES string of the molecule is CC/C(F)=C(/CC)[Se]C. The molecule has 0 spiro atoms. The van der Waals surface area contributed by atoms with Gasteiger partial charge in [-0.05, 0) is 0 Å². The van der Waals surface area contributed by atoms with E-state index in [9.17, 15) is 4.39 Å². The van der Waals surface area contributed by atoms with Crippen molar-refractivity contribution in [2.45, 2.75) is 32.5 Å². The van der Waals surface area contributed by atoms with Crippen molar-refractivity contribution in [2.24, 2.45) is 0 Å². The van der Waals surface area contributed by atoms with Crippen LogP contribution >= 0.6 is 0 Å². The molecule has 0 aromatic carbocycles. The van der Waals surface area contributed by atoms with Crippen LogP contribution in [0.3, 0.4) is 0 Å². The molecule has 0 atom stereocenters. The predicted molar refractivity (Wildman–Crippen MR) is 40.3 cm³/mol. The zero-order valence-corrected chi connectivity index (χ0v) is 7.91. The second kappa shape index (κ2) is 5.01. The summed E-state index contributed by atoms with van der Waals surface area (Å²) in [6, 6.07) is 0. The molecule has 0 aliphatic heterocycles. The van der Waals surface area contributed by atoms with Gasteiger partial charge in [0, 0.05) is 0 Å². The van der Waals surface area contributed by atoms with Crippen LogP contribution in [-0.4, -0.2) is 15.0 Å². The molecule has 0 aliphatic rings. The maximum atomic E-state index is 12.7. The van der Waals surface area contributed by atoms with Gasteiger partial charge in [-0.2, -0.15) is 0 Å². The van der Waals surface area contributed by atoms with E-state index in [1.54, 1.807) is 0 Å². The normalized spacial score (nSPS) is 13.3. The van der Waals surface area contributed by atoms with Crippen LogP contribution in [0.2, 0.25) is 5.82 Å². The predicted octanol–water partition coefficient (Wildman–Crippen LogP) is 2.74. The molecule has 0 N–H and O–H groups in total. The summed E-state index contributed by atoms with van der Waals surface area (Å²) in [6.45, 7) is 3.87. The van der Waals surface area contributed by atoms with E-state index in [0.29, 0.717) is 21.4 Å². The average Bonchev–Trinajstić information content (AvgIpc) is 1.90. The molecule has 0 aliphatic carbocycles. The molecular formula is C7H13FSe. The fourth-order valence-corrected chi connectivity index (χ4v) is 2.02. The Morgan fingerprint density at radius 1 is 1.33 bits per heavy atom. The van der Waals surface area contributed by atoms with E-state index < -0.39 is 0 Å². The van der Waals surface area contributed by atoms with Crippen LogP contribution in [0.25, 0.3) is 0 Å². The van der Waals surface area contributed by atoms with Crippen molar-refractivity contribution in [3.63, 3.8) is 0 Å². The molecule has 0 aromatic heterocycles. The number of halogens is 1. The monoisotopic (exact) mass is 196 g/mol. The zero-order valence-electron chi connectivity index (χ0n) is 6.20. The Morgan fingerprint density at radius 2 is 1.89 bits per heavy atom. The summed E-state index contributed by atoms with van der Waals surface area (Å²) in [5, 5.41) is 0. The van der Waals surface area contributed by atoms with Gasteiger partial charge >= 0.3 is 62.2 Å². The fourth-order valence-electron chi connectivity index (χ4n) is 0.644. The first-order valence-corrected chi connectivity index (χ1v) is 5.74. The minimum atomic E-state index is 0.111. The second-order valence-electron chi connectivity index (χ2n) is 1.74. The van der Waals surface area contributed by atoms with E-state index >= 15 is 0 Å². The molecule has 0 fully saturated rings. The summed E-state index contributed by atoms with van der Waals surface area (Å²) in [5.41, 5.74) is 0. The number of rotatable bonds is 3. The molecule has 0 amide bonds. The van der Waals surface area contributed by atoms with Crippen molar-refractivity contribution in [3.8, 4) is 0 Å². The van der Waals surface area contributed by atoms with Crippen molar-refractivity contribution in [3.05, 3.63) is 10.3 Å². The van der Waals surface area contributed by atoms with Gasteiger partial charge in [0.1, 0.15) is 0 Å². The molecule has 0 saturated carbocycles. The van der Waals surface area contributed by atoms with Gasteiger partial charge in [0.15, 0.2) is 0 Å². The van der Waals surface area contributed by atoms with Gasteiger partial charge < -0.3 is 0 Å². The molecule has 2 heteroatoms. The Balaban J connectivity index is 4.01. The fraction of sp³-hybridized carbons (Fsp3) is 0.714. The van der Waals surface area contributed by atoms with Crippen molar-refractivity contribution in [1.82, 2.24) is 0 Å². The molecule has 0 unspecified atom stereocenters. The molecular weight excluding hydrogens is 182 g/mol. The van der Waals surface area contributed by atoms with Crippen molar-refractivity contribution < 1.29 is 4.39 Å². The molecule has 0 nitrogen and oxygen atoms in total. The molecule has 0 aromatic rings. The number of hydrogen-bond acceptors (Lipinski definition) is 0. The van der Waals surface area contributed by atoms with E-state index in [0.717, 1.165) is 10.9 Å². The third kappa shape index (κ3) is 3.02. The van der Waals surface area contributed by atoms with Gasteiger partial charge in [-0.1, -0.05) is 0 Å². The van der Waals surface area contributed by atoms with Gasteiger partial charge in [-0.15, -0.1) is 0 Å². The second-order valence-corrected chi connectivity index (χ2v) is 3.63. The maximum absolute atomic E-state index is 12.7. The number of hydrogen-bond donors (Lipinski definition) is 0. The molecule has 54 valence electrons. The summed E-state index contributed by atoms with van der Waals surface area (Å²) in [5.74, 6) is 2.17. The summed E-state index contributed by atoms with van der Waals surface area (Å²) >= 11 is 0.370. The van der Waals surface area contributed by atoms with Gasteiger partial charge in [-0.25, -0.2) is 0 Å². The topological polar surface area (TPSA) is 0 Å². The molecule has 0 saturated heterocycles. The van der Waals surface area contributed by atoms with E-state index in [2.05, 4.69) is 5.82 Å². The van der Waals surface area contributed by atoms with Gasteiger partial charge in [-0.3, -0.25) is 0 Å². The zero-order chi connectivity index (χ0) is 7.28. The Kier molecular flexibility index (Phi) is 5.12. The average molecular weight is 195 g/mol. The first-order valence-electron chi connectivity index (χ1n) is 3.17.